The van der Waals surface area contributed by atoms with E-state index in [1.54, 1.807) is 18.2 Å². The molecule has 0 saturated heterocycles. The number of hydrogen-bond donors (Lipinski definition) is 3. The van der Waals surface area contributed by atoms with Crippen molar-refractivity contribution in [3.8, 4) is 22.6 Å². The monoisotopic (exact) mass is 571 g/mol. The molecule has 3 N–H and O–H groups in total. The fourth-order valence-corrected chi connectivity index (χ4v) is 5.32. The van der Waals surface area contributed by atoms with Crippen LogP contribution in [0.3, 0.4) is 0 Å². The summed E-state index contributed by atoms with van der Waals surface area (Å²) >= 11 is 6.29. The second-order valence-electron chi connectivity index (χ2n) is 10.4. The van der Waals surface area contributed by atoms with E-state index in [1.807, 2.05) is 54.6 Å². The van der Waals surface area contributed by atoms with Gasteiger partial charge in [0.25, 0.3) is 0 Å². The number of nitrogens with one attached hydrogen (secondary N) is 1. The van der Waals surface area contributed by atoms with Crippen molar-refractivity contribution in [2.24, 2.45) is 0 Å². The second-order valence-corrected chi connectivity index (χ2v) is 10.9. The molecular formula is C34H34ClNO5. The van der Waals surface area contributed by atoms with Crippen LogP contribution < -0.4 is 14.8 Å². The summed E-state index contributed by atoms with van der Waals surface area (Å²) in [6, 6.07) is 28.8. The van der Waals surface area contributed by atoms with E-state index in [9.17, 15) is 9.90 Å². The van der Waals surface area contributed by atoms with Crippen molar-refractivity contribution in [2.75, 3.05) is 19.7 Å². The normalized spacial score (nSPS) is 15.8. The summed E-state index contributed by atoms with van der Waals surface area (Å²) in [7, 11) is 0. The number of fused-ring (bicyclic) bond motifs is 1. The van der Waals surface area contributed by atoms with Crippen molar-refractivity contribution in [3.63, 3.8) is 0 Å². The minimum absolute atomic E-state index is 0.00547. The highest BCUT2D eigenvalue weighted by Crippen LogP contribution is 2.34. The fraction of sp³-hybridized carbons (Fsp3) is 0.265. The summed E-state index contributed by atoms with van der Waals surface area (Å²) < 4.78 is 12.3. The average molecular weight is 572 g/mol. The second kappa shape index (κ2) is 13.2. The minimum Gasteiger partial charge on any atom is -0.491 e. The Balaban J connectivity index is 1.10. The maximum Gasteiger partial charge on any atom is 0.335 e. The van der Waals surface area contributed by atoms with E-state index < -0.39 is 12.1 Å². The number of aliphatic hydroxyl groups excluding tert-OH is 1. The molecular weight excluding hydrogens is 538 g/mol. The highest BCUT2D eigenvalue weighted by atomic mass is 35.5. The number of carboxylic acids is 1. The molecule has 0 amide bonds. The molecule has 1 heterocycles. The highest BCUT2D eigenvalue weighted by molar-refractivity contribution is 6.30. The third-order valence-corrected chi connectivity index (χ3v) is 7.71. The molecule has 4 aromatic rings. The molecule has 0 fully saturated rings. The van der Waals surface area contributed by atoms with E-state index in [0.29, 0.717) is 23.9 Å². The van der Waals surface area contributed by atoms with Gasteiger partial charge in [0.05, 0.1) is 5.56 Å². The predicted molar refractivity (Wildman–Crippen MR) is 161 cm³/mol. The van der Waals surface area contributed by atoms with Crippen molar-refractivity contribution in [1.82, 2.24) is 5.32 Å². The number of carboxylic acid groups (broad SMARTS) is 1. The van der Waals surface area contributed by atoms with Crippen LogP contribution in [0.1, 0.15) is 46.3 Å². The van der Waals surface area contributed by atoms with Gasteiger partial charge in [0, 0.05) is 29.6 Å². The first-order chi connectivity index (χ1) is 19.9. The first-order valence-corrected chi connectivity index (χ1v) is 14.2. The lowest BCUT2D eigenvalue weighted by molar-refractivity contribution is 0.0697. The summed E-state index contributed by atoms with van der Waals surface area (Å²) in [5.74, 6) is 0.745. The molecule has 0 spiro atoms. The summed E-state index contributed by atoms with van der Waals surface area (Å²) in [6.07, 6.45) is 1.06. The van der Waals surface area contributed by atoms with Crippen LogP contribution in [0.4, 0.5) is 0 Å². The quantitative estimate of drug-likeness (QED) is 0.188. The Morgan fingerprint density at radius 2 is 1.78 bits per heavy atom. The van der Waals surface area contributed by atoms with Crippen LogP contribution in [0.25, 0.3) is 11.1 Å². The van der Waals surface area contributed by atoms with Gasteiger partial charge in [-0.25, -0.2) is 4.79 Å². The van der Waals surface area contributed by atoms with Gasteiger partial charge in [-0.1, -0.05) is 67.1 Å². The van der Waals surface area contributed by atoms with E-state index in [2.05, 4.69) is 30.4 Å². The Labute approximate surface area is 245 Å². The first kappa shape index (κ1) is 28.7. The standard InChI is InChI=1S/C34H34ClNO5/c1-22(23-5-3-2-4-6-23)31-18-28(35)13-16-33(31)40-21-29(37)19-36-20-30-14-11-27-17-26(12-15-32(27)41-30)24-7-9-25(10-8-24)34(38)39/h2-10,12-13,15-18,22,29-30,36-37H,11,14,19-21H2,1H3,(H,38,39)/t22?,29-,30-/m1/s1. The van der Waals surface area contributed by atoms with E-state index in [1.165, 1.54) is 5.56 Å². The fourth-order valence-electron chi connectivity index (χ4n) is 5.14. The van der Waals surface area contributed by atoms with E-state index >= 15 is 0 Å². The number of benzene rings is 4. The predicted octanol–water partition coefficient (Wildman–Crippen LogP) is 6.58. The Morgan fingerprint density at radius 3 is 2.54 bits per heavy atom. The number of carbonyl (C=O) groups is 1. The van der Waals surface area contributed by atoms with Gasteiger partial charge >= 0.3 is 5.97 Å². The zero-order valence-corrected chi connectivity index (χ0v) is 23.7. The van der Waals surface area contributed by atoms with Gasteiger partial charge in [-0.15, -0.1) is 0 Å². The number of halogens is 1. The molecule has 212 valence electrons. The summed E-state index contributed by atoms with van der Waals surface area (Å²) in [4.78, 5) is 11.1. The number of aromatic carboxylic acids is 1. The van der Waals surface area contributed by atoms with Crippen LogP contribution in [0.5, 0.6) is 11.5 Å². The Kier molecular flexibility index (Phi) is 9.24. The van der Waals surface area contributed by atoms with E-state index in [4.69, 9.17) is 26.2 Å². The molecule has 3 atom stereocenters. The molecule has 41 heavy (non-hydrogen) atoms. The van der Waals surface area contributed by atoms with Crippen molar-refractivity contribution in [1.29, 1.82) is 0 Å². The third kappa shape index (κ3) is 7.27. The zero-order chi connectivity index (χ0) is 28.8. The molecule has 0 radical (unpaired) electrons. The Bertz CT molecular complexity index is 1470. The average Bonchev–Trinajstić information content (AvgIpc) is 3.00. The molecule has 0 saturated carbocycles. The van der Waals surface area contributed by atoms with Crippen LogP contribution in [0.15, 0.2) is 91.0 Å². The molecule has 0 aliphatic carbocycles. The van der Waals surface area contributed by atoms with E-state index in [-0.39, 0.29) is 24.2 Å². The minimum atomic E-state index is -0.931. The summed E-state index contributed by atoms with van der Waals surface area (Å²) in [5, 5.41) is 23.7. The first-order valence-electron chi connectivity index (χ1n) is 13.9. The molecule has 4 aromatic carbocycles. The maximum atomic E-state index is 11.1. The number of ether oxygens (including phenoxy) is 2. The van der Waals surface area contributed by atoms with Gasteiger partial charge in [-0.3, -0.25) is 0 Å². The lowest BCUT2D eigenvalue weighted by Gasteiger charge is -2.27. The molecule has 6 nitrogen and oxygen atoms in total. The van der Waals surface area contributed by atoms with Gasteiger partial charge in [-0.05, 0) is 77.6 Å². The van der Waals surface area contributed by atoms with Crippen LogP contribution in [0.2, 0.25) is 5.02 Å². The Hall–Kier alpha value is -3.84. The van der Waals surface area contributed by atoms with E-state index in [0.717, 1.165) is 40.8 Å². The number of aryl methyl sites for hydroxylation is 1. The van der Waals surface area contributed by atoms with Crippen molar-refractivity contribution >= 4 is 17.6 Å². The maximum absolute atomic E-state index is 11.1. The zero-order valence-electron chi connectivity index (χ0n) is 22.9. The lowest BCUT2D eigenvalue weighted by Crippen LogP contribution is -2.39. The summed E-state index contributed by atoms with van der Waals surface area (Å²) in [5.41, 5.74) is 5.57. The molecule has 1 aliphatic heterocycles. The molecule has 0 aromatic heterocycles. The van der Waals surface area contributed by atoms with Gasteiger partial charge in [-0.2, -0.15) is 0 Å². The largest absolute Gasteiger partial charge is 0.491 e. The van der Waals surface area contributed by atoms with Gasteiger partial charge in [0.1, 0.15) is 30.3 Å². The number of aliphatic hydroxyl groups is 1. The Morgan fingerprint density at radius 1 is 1.02 bits per heavy atom. The molecule has 7 heteroatoms. The van der Waals surface area contributed by atoms with Crippen molar-refractivity contribution in [2.45, 2.75) is 37.9 Å². The number of rotatable bonds is 11. The molecule has 5 rings (SSSR count). The molecule has 0 bridgehead atoms. The molecule has 1 aliphatic rings. The molecule has 1 unspecified atom stereocenters. The van der Waals surface area contributed by atoms with Gasteiger partial charge in [0.2, 0.25) is 0 Å². The lowest BCUT2D eigenvalue weighted by atomic mass is 9.92. The summed E-state index contributed by atoms with van der Waals surface area (Å²) in [6.45, 7) is 3.28. The van der Waals surface area contributed by atoms with Crippen LogP contribution in [-0.2, 0) is 6.42 Å². The number of hydrogen-bond acceptors (Lipinski definition) is 5. The third-order valence-electron chi connectivity index (χ3n) is 7.48. The van der Waals surface area contributed by atoms with Crippen molar-refractivity contribution in [3.05, 3.63) is 118 Å². The SMILES string of the molecule is CC(c1ccccc1)c1cc(Cl)ccc1OC[C@H](O)CNC[C@H]1CCc2cc(-c3ccc(C(=O)O)cc3)ccc2O1. The smallest absolute Gasteiger partial charge is 0.335 e. The van der Waals surface area contributed by atoms with Gasteiger partial charge in [0.15, 0.2) is 0 Å². The van der Waals surface area contributed by atoms with Crippen LogP contribution >= 0.6 is 11.6 Å². The topological polar surface area (TPSA) is 88.0 Å². The van der Waals surface area contributed by atoms with Gasteiger partial charge < -0.3 is 25.0 Å². The van der Waals surface area contributed by atoms with Crippen molar-refractivity contribution < 1.29 is 24.5 Å². The van der Waals surface area contributed by atoms with Crippen LogP contribution in [-0.4, -0.2) is 48.1 Å². The van der Waals surface area contributed by atoms with Crippen LogP contribution in [0, 0.1) is 0 Å². The highest BCUT2D eigenvalue weighted by Gasteiger charge is 2.21.